The third kappa shape index (κ3) is 15.8. The Labute approximate surface area is 369 Å². The molecule has 6 rings (SSSR count). The molecule has 0 radical (unpaired) electrons. The first-order valence-corrected chi connectivity index (χ1v) is 21.4. The van der Waals surface area contributed by atoms with Crippen molar-refractivity contribution in [2.75, 3.05) is 118 Å². The van der Waals surface area contributed by atoms with Crippen LogP contribution in [0.3, 0.4) is 0 Å². The number of aromatic nitrogens is 5. The number of nitrogens with two attached hydrogens (primary N) is 2. The van der Waals surface area contributed by atoms with E-state index in [1.54, 1.807) is 12.4 Å². The Bertz CT molecular complexity index is 2220. The van der Waals surface area contributed by atoms with Gasteiger partial charge in [0, 0.05) is 82.7 Å². The van der Waals surface area contributed by atoms with Crippen molar-refractivity contribution in [2.45, 2.75) is 32.9 Å². The second kappa shape index (κ2) is 27.0. The largest absolute Gasteiger partial charge is 0.441 e. The third-order valence-corrected chi connectivity index (χ3v) is 10.2. The highest BCUT2D eigenvalue weighted by atomic mass is 16.6. The predicted molar refractivity (Wildman–Crippen MR) is 247 cm³/mol. The first-order valence-electron chi connectivity index (χ1n) is 21.4. The molecule has 0 saturated heterocycles. The van der Waals surface area contributed by atoms with Gasteiger partial charge in [-0.15, -0.1) is 0 Å². The molecule has 63 heavy (non-hydrogen) atoms. The Morgan fingerprint density at radius 2 is 1.75 bits per heavy atom. The summed E-state index contributed by atoms with van der Waals surface area (Å²) in [5.74, 6) is 1.05. The predicted octanol–water partition coefficient (Wildman–Crippen LogP) is 3.34. The molecule has 18 heteroatoms. The van der Waals surface area contributed by atoms with Gasteiger partial charge in [0.2, 0.25) is 0 Å². The van der Waals surface area contributed by atoms with E-state index >= 15 is 0 Å². The van der Waals surface area contributed by atoms with Gasteiger partial charge in [0.25, 0.3) is 0 Å². The summed E-state index contributed by atoms with van der Waals surface area (Å²) < 4.78 is 29.2. The number of nitrogens with zero attached hydrogens (tertiary/aromatic N) is 9. The molecule has 0 amide bonds. The zero-order valence-electron chi connectivity index (χ0n) is 37.0. The minimum Gasteiger partial charge on any atom is -0.441 e. The van der Waals surface area contributed by atoms with Gasteiger partial charge in [0.05, 0.1) is 71.3 Å². The van der Waals surface area contributed by atoms with Crippen LogP contribution in [0, 0.1) is 6.92 Å². The number of nitrogens with one attached hydrogen (secondary N) is 1. The Balaban J connectivity index is 0.000000238. The number of fused-ring (bicyclic) bond motifs is 3. The topological polar surface area (TPSA) is 219 Å². The molecule has 4 heterocycles. The monoisotopic (exact) mass is 869 g/mol. The van der Waals surface area contributed by atoms with Crippen molar-refractivity contribution < 1.29 is 28.2 Å². The number of nitrogen functional groups attached to an aromatic ring is 1. The number of aldehydes is 1. The lowest BCUT2D eigenvalue weighted by molar-refractivity contribution is -0.109. The highest BCUT2D eigenvalue weighted by Crippen LogP contribution is 2.32. The van der Waals surface area contributed by atoms with Crippen molar-refractivity contribution in [3.8, 4) is 11.3 Å². The number of aliphatic imine (C=N–C) groups is 2. The molecule has 0 fully saturated rings. The van der Waals surface area contributed by atoms with Gasteiger partial charge in [0.1, 0.15) is 29.6 Å². The molecule has 0 spiro atoms. The summed E-state index contributed by atoms with van der Waals surface area (Å²) in [5, 5.41) is 8.84. The van der Waals surface area contributed by atoms with E-state index in [-0.39, 0.29) is 0 Å². The van der Waals surface area contributed by atoms with Crippen molar-refractivity contribution in [1.29, 1.82) is 0 Å². The summed E-state index contributed by atoms with van der Waals surface area (Å²) in [7, 11) is 4.10. The van der Waals surface area contributed by atoms with Crippen LogP contribution >= 0.6 is 0 Å². The van der Waals surface area contributed by atoms with E-state index in [9.17, 15) is 4.79 Å². The molecule has 5 aromatic rings. The van der Waals surface area contributed by atoms with Crippen LogP contribution in [0.15, 0.2) is 68.9 Å². The van der Waals surface area contributed by atoms with Crippen LogP contribution in [0.2, 0.25) is 0 Å². The number of oxazole rings is 1. The lowest BCUT2D eigenvalue weighted by atomic mass is 9.97. The highest BCUT2D eigenvalue weighted by Gasteiger charge is 2.19. The number of hydrogen-bond donors (Lipinski definition) is 3. The number of rotatable bonds is 27. The third-order valence-electron chi connectivity index (χ3n) is 10.2. The van der Waals surface area contributed by atoms with Crippen LogP contribution in [-0.4, -0.2) is 167 Å². The average Bonchev–Trinajstić information content (AvgIpc) is 3.86. The quantitative estimate of drug-likeness (QED) is 0.0392. The van der Waals surface area contributed by atoms with Crippen LogP contribution in [0.25, 0.3) is 33.4 Å². The van der Waals surface area contributed by atoms with Crippen LogP contribution in [-0.2, 0) is 43.3 Å². The molecule has 1 aliphatic heterocycles. The Morgan fingerprint density at radius 3 is 2.48 bits per heavy atom. The first-order chi connectivity index (χ1) is 30.8. The number of aryl methyl sites for hydroxylation is 1. The van der Waals surface area contributed by atoms with Crippen molar-refractivity contribution in [2.24, 2.45) is 15.7 Å². The van der Waals surface area contributed by atoms with E-state index in [0.29, 0.717) is 90.6 Å². The molecule has 3 aromatic heterocycles. The summed E-state index contributed by atoms with van der Waals surface area (Å²) in [6.07, 6.45) is 7.20. The Morgan fingerprint density at radius 1 is 0.984 bits per heavy atom. The summed E-state index contributed by atoms with van der Waals surface area (Å²) in [6.45, 7) is 16.7. The molecule has 0 aliphatic carbocycles. The first kappa shape index (κ1) is 48.7. The molecular weight excluding hydrogens is 805 g/mol. The maximum absolute atomic E-state index is 10.1. The molecule has 2 aromatic carbocycles. The molecule has 340 valence electrons. The number of likely N-dealkylation sites (N-methyl/N-ethyl adjacent to an activating group) is 2. The average molecular weight is 869 g/mol. The Hall–Kier alpha value is -5.31. The SMILES string of the molecule is C=N/C=C(\C=NCCN(CCNC)CCOCCOCCOCCOCCC=O)CN.Cc1nc2cc(-c3nn(Cc4ccc5c(c4)CCN(C)C5)c4ncnc(N)c34)ccc2o1. The fourth-order valence-electron chi connectivity index (χ4n) is 6.88. The van der Waals surface area contributed by atoms with Gasteiger partial charge in [-0.25, -0.2) is 19.6 Å². The smallest absolute Gasteiger partial charge is 0.192 e. The highest BCUT2D eigenvalue weighted by molar-refractivity contribution is 5.99. The molecule has 18 nitrogen and oxygen atoms in total. The fraction of sp³-hybridized carbons (Fsp3) is 0.489. The van der Waals surface area contributed by atoms with E-state index in [4.69, 9.17) is 39.9 Å². The normalized spacial score (nSPS) is 13.3. The maximum atomic E-state index is 10.1. The van der Waals surface area contributed by atoms with E-state index in [1.165, 1.54) is 23.0 Å². The molecule has 0 atom stereocenters. The lowest BCUT2D eigenvalue weighted by Gasteiger charge is -2.25. The van der Waals surface area contributed by atoms with Crippen molar-refractivity contribution in [1.82, 2.24) is 39.8 Å². The number of anilines is 1. The van der Waals surface area contributed by atoms with Gasteiger partial charge in [-0.1, -0.05) is 18.2 Å². The van der Waals surface area contributed by atoms with Crippen molar-refractivity contribution in [3.63, 3.8) is 0 Å². The van der Waals surface area contributed by atoms with Crippen LogP contribution < -0.4 is 16.8 Å². The van der Waals surface area contributed by atoms with Gasteiger partial charge < -0.3 is 49.8 Å². The number of carbonyl (C=O) groups excluding carboxylic acids is 1. The van der Waals surface area contributed by atoms with Gasteiger partial charge in [-0.05, 0) is 62.1 Å². The minimum atomic E-state index is 0.394. The van der Waals surface area contributed by atoms with E-state index < -0.39 is 0 Å². The van der Waals surface area contributed by atoms with Crippen LogP contribution in [0.1, 0.15) is 29.0 Å². The summed E-state index contributed by atoms with van der Waals surface area (Å²) in [4.78, 5) is 36.1. The summed E-state index contributed by atoms with van der Waals surface area (Å²) >= 11 is 0. The molecular formula is C45H64N12O6. The summed E-state index contributed by atoms with van der Waals surface area (Å²) in [5.41, 5.74) is 20.7. The zero-order valence-corrected chi connectivity index (χ0v) is 37.0. The minimum absolute atomic E-state index is 0.394. The van der Waals surface area contributed by atoms with Gasteiger partial charge in [-0.2, -0.15) is 5.10 Å². The van der Waals surface area contributed by atoms with Crippen molar-refractivity contribution >= 4 is 47.2 Å². The molecule has 0 unspecified atom stereocenters. The van der Waals surface area contributed by atoms with Crippen LogP contribution in [0.5, 0.6) is 0 Å². The standard InChI is InChI=1S/C24H23N7O.C21H41N5O5/c1-14-28-19-10-17(5-6-20(19)32-14)22-21-23(25)26-13-27-24(21)31(29-22)11-15-3-4-18-12-30(2)8-7-16(18)9-15;1-23-4-6-26(7-5-25-20-21(18-22)19-24-2)8-11-29-13-15-31-17-16-30-14-12-28-10-3-9-27/h3-6,9-10,13H,7-8,11-12H2,1-2H3,(H2,25,26,27);9,19-20,23H,2-8,10-18,22H2,1H3/b;21-19-,25-20?. The second-order valence-electron chi connectivity index (χ2n) is 14.9. The summed E-state index contributed by atoms with van der Waals surface area (Å²) in [6, 6.07) is 12.6. The van der Waals surface area contributed by atoms with Gasteiger partial charge >= 0.3 is 0 Å². The second-order valence-corrected chi connectivity index (χ2v) is 14.9. The van der Waals surface area contributed by atoms with E-state index in [2.05, 4.69) is 72.0 Å². The molecule has 1 aliphatic rings. The van der Waals surface area contributed by atoms with Crippen LogP contribution in [0.4, 0.5) is 5.82 Å². The van der Waals surface area contributed by atoms with E-state index in [0.717, 1.165) is 90.9 Å². The number of carbonyl (C=O) groups is 1. The lowest BCUT2D eigenvalue weighted by Crippen LogP contribution is -2.35. The van der Waals surface area contributed by atoms with Gasteiger partial charge in [0.15, 0.2) is 17.1 Å². The van der Waals surface area contributed by atoms with E-state index in [1.807, 2.05) is 36.9 Å². The molecule has 0 bridgehead atoms. The number of benzene rings is 2. The molecule has 0 saturated carbocycles. The zero-order chi connectivity index (χ0) is 44.7. The number of hydrogen-bond acceptors (Lipinski definition) is 17. The maximum Gasteiger partial charge on any atom is 0.192 e. The van der Waals surface area contributed by atoms with Crippen molar-refractivity contribution in [3.05, 3.63) is 77.1 Å². The van der Waals surface area contributed by atoms with Gasteiger partial charge in [-0.3, -0.25) is 14.9 Å². The Kier molecular flexibility index (Phi) is 20.9. The fourth-order valence-corrected chi connectivity index (χ4v) is 6.88. The number of ether oxygens (including phenoxy) is 4. The molecule has 5 N–H and O–H groups in total.